The predicted octanol–water partition coefficient (Wildman–Crippen LogP) is 3.01. The van der Waals surface area contributed by atoms with Gasteiger partial charge in [-0.25, -0.2) is 0 Å². The Morgan fingerprint density at radius 2 is 1.59 bits per heavy atom. The van der Waals surface area contributed by atoms with Crippen LogP contribution in [0.2, 0.25) is 0 Å². The molecular formula is C15H18N2. The molecule has 0 saturated carbocycles. The Morgan fingerprint density at radius 1 is 0.941 bits per heavy atom. The van der Waals surface area contributed by atoms with E-state index in [0.29, 0.717) is 6.54 Å². The van der Waals surface area contributed by atoms with Crippen molar-refractivity contribution in [1.29, 1.82) is 0 Å². The van der Waals surface area contributed by atoms with Crippen molar-refractivity contribution < 1.29 is 0 Å². The zero-order valence-corrected chi connectivity index (χ0v) is 10.3. The van der Waals surface area contributed by atoms with Crippen molar-refractivity contribution in [2.45, 2.75) is 20.4 Å². The third-order valence-corrected chi connectivity index (χ3v) is 3.19. The minimum absolute atomic E-state index is 0.530. The standard InChI is InChI=1S/C15H18N2/c1-10-7-14(15(17)8-11(10)2)13-6-4-3-5-12(13)9-16/h3-8H,9,16-17H2,1-2H3. The van der Waals surface area contributed by atoms with Gasteiger partial charge in [-0.05, 0) is 48.2 Å². The lowest BCUT2D eigenvalue weighted by atomic mass is 9.95. The number of hydrogen-bond donors (Lipinski definition) is 2. The van der Waals surface area contributed by atoms with E-state index in [1.54, 1.807) is 0 Å². The average molecular weight is 226 g/mol. The Hall–Kier alpha value is -1.80. The van der Waals surface area contributed by atoms with Crippen molar-refractivity contribution in [3.05, 3.63) is 53.1 Å². The van der Waals surface area contributed by atoms with E-state index in [1.165, 1.54) is 11.1 Å². The molecule has 0 heterocycles. The molecule has 2 nitrogen and oxygen atoms in total. The largest absolute Gasteiger partial charge is 0.398 e. The van der Waals surface area contributed by atoms with Crippen LogP contribution in [0.4, 0.5) is 5.69 Å². The van der Waals surface area contributed by atoms with Crippen molar-refractivity contribution in [3.8, 4) is 11.1 Å². The fraction of sp³-hybridized carbons (Fsp3) is 0.200. The smallest absolute Gasteiger partial charge is 0.0396 e. The topological polar surface area (TPSA) is 52.0 Å². The van der Waals surface area contributed by atoms with E-state index >= 15 is 0 Å². The molecule has 0 radical (unpaired) electrons. The van der Waals surface area contributed by atoms with Crippen LogP contribution in [-0.4, -0.2) is 0 Å². The fourth-order valence-electron chi connectivity index (χ4n) is 2.03. The maximum absolute atomic E-state index is 6.11. The van der Waals surface area contributed by atoms with E-state index in [1.807, 2.05) is 24.3 Å². The van der Waals surface area contributed by atoms with Gasteiger partial charge in [0, 0.05) is 17.8 Å². The summed E-state index contributed by atoms with van der Waals surface area (Å²) in [6.45, 7) is 4.70. The fourth-order valence-corrected chi connectivity index (χ4v) is 2.03. The first-order chi connectivity index (χ1) is 8.13. The van der Waals surface area contributed by atoms with E-state index in [2.05, 4.69) is 26.0 Å². The van der Waals surface area contributed by atoms with Crippen molar-refractivity contribution in [2.24, 2.45) is 5.73 Å². The predicted molar refractivity (Wildman–Crippen MR) is 73.7 cm³/mol. The van der Waals surface area contributed by atoms with Crippen LogP contribution in [-0.2, 0) is 6.54 Å². The molecule has 0 aromatic heterocycles. The van der Waals surface area contributed by atoms with Gasteiger partial charge in [-0.2, -0.15) is 0 Å². The van der Waals surface area contributed by atoms with Crippen LogP contribution in [0.15, 0.2) is 36.4 Å². The van der Waals surface area contributed by atoms with Crippen LogP contribution in [0, 0.1) is 13.8 Å². The van der Waals surface area contributed by atoms with Gasteiger partial charge in [-0.15, -0.1) is 0 Å². The molecule has 2 heteroatoms. The summed E-state index contributed by atoms with van der Waals surface area (Å²) >= 11 is 0. The van der Waals surface area contributed by atoms with Crippen molar-refractivity contribution in [2.75, 3.05) is 5.73 Å². The molecule has 0 aliphatic carbocycles. The first-order valence-electron chi connectivity index (χ1n) is 5.78. The Balaban J connectivity index is 2.64. The molecule has 0 saturated heterocycles. The molecule has 0 aliphatic heterocycles. The molecule has 0 atom stereocenters. The van der Waals surface area contributed by atoms with Crippen molar-refractivity contribution >= 4 is 5.69 Å². The molecule has 0 spiro atoms. The van der Waals surface area contributed by atoms with Crippen LogP contribution < -0.4 is 11.5 Å². The summed E-state index contributed by atoms with van der Waals surface area (Å²) in [4.78, 5) is 0. The van der Waals surface area contributed by atoms with Gasteiger partial charge in [-0.3, -0.25) is 0 Å². The van der Waals surface area contributed by atoms with E-state index in [-0.39, 0.29) is 0 Å². The summed E-state index contributed by atoms with van der Waals surface area (Å²) in [5, 5.41) is 0. The molecular weight excluding hydrogens is 208 g/mol. The average Bonchev–Trinajstić information content (AvgIpc) is 2.34. The lowest BCUT2D eigenvalue weighted by Crippen LogP contribution is -2.01. The van der Waals surface area contributed by atoms with Crippen LogP contribution >= 0.6 is 0 Å². The molecule has 2 aromatic carbocycles. The molecule has 2 aromatic rings. The molecule has 0 bridgehead atoms. The van der Waals surface area contributed by atoms with Crippen LogP contribution in [0.3, 0.4) is 0 Å². The lowest BCUT2D eigenvalue weighted by molar-refractivity contribution is 1.07. The maximum Gasteiger partial charge on any atom is 0.0396 e. The summed E-state index contributed by atoms with van der Waals surface area (Å²) in [6, 6.07) is 12.3. The van der Waals surface area contributed by atoms with Gasteiger partial charge in [-0.1, -0.05) is 24.3 Å². The Bertz CT molecular complexity index is 545. The number of benzene rings is 2. The third-order valence-electron chi connectivity index (χ3n) is 3.19. The lowest BCUT2D eigenvalue weighted by Gasteiger charge is -2.13. The monoisotopic (exact) mass is 226 g/mol. The zero-order valence-electron chi connectivity index (χ0n) is 10.3. The number of nitrogens with two attached hydrogens (primary N) is 2. The second kappa shape index (κ2) is 4.60. The SMILES string of the molecule is Cc1cc(N)c(-c2ccccc2CN)cc1C. The van der Waals surface area contributed by atoms with Crippen molar-refractivity contribution in [3.63, 3.8) is 0 Å². The number of nitrogen functional groups attached to an aromatic ring is 1. The maximum atomic E-state index is 6.11. The molecule has 17 heavy (non-hydrogen) atoms. The highest BCUT2D eigenvalue weighted by molar-refractivity contribution is 5.79. The first-order valence-corrected chi connectivity index (χ1v) is 5.78. The number of aryl methyl sites for hydroxylation is 2. The zero-order chi connectivity index (χ0) is 12.4. The second-order valence-corrected chi connectivity index (χ2v) is 4.38. The minimum atomic E-state index is 0.530. The van der Waals surface area contributed by atoms with Crippen LogP contribution in [0.25, 0.3) is 11.1 Å². The van der Waals surface area contributed by atoms with Gasteiger partial charge in [0.1, 0.15) is 0 Å². The molecule has 0 amide bonds. The van der Waals surface area contributed by atoms with Gasteiger partial charge < -0.3 is 11.5 Å². The Kier molecular flexibility index (Phi) is 3.16. The molecule has 0 unspecified atom stereocenters. The highest BCUT2D eigenvalue weighted by Crippen LogP contribution is 2.31. The summed E-state index contributed by atoms with van der Waals surface area (Å²) in [7, 11) is 0. The first kappa shape index (κ1) is 11.7. The third kappa shape index (κ3) is 2.17. The normalized spacial score (nSPS) is 10.5. The number of hydrogen-bond acceptors (Lipinski definition) is 2. The van der Waals surface area contributed by atoms with E-state index in [9.17, 15) is 0 Å². The van der Waals surface area contributed by atoms with Crippen LogP contribution in [0.1, 0.15) is 16.7 Å². The minimum Gasteiger partial charge on any atom is -0.398 e. The quantitative estimate of drug-likeness (QED) is 0.773. The van der Waals surface area contributed by atoms with Gasteiger partial charge in [0.25, 0.3) is 0 Å². The van der Waals surface area contributed by atoms with Crippen molar-refractivity contribution in [1.82, 2.24) is 0 Å². The highest BCUT2D eigenvalue weighted by atomic mass is 14.6. The summed E-state index contributed by atoms with van der Waals surface area (Å²) in [5.41, 5.74) is 18.5. The number of rotatable bonds is 2. The summed E-state index contributed by atoms with van der Waals surface area (Å²) in [6.07, 6.45) is 0. The summed E-state index contributed by atoms with van der Waals surface area (Å²) < 4.78 is 0. The number of anilines is 1. The summed E-state index contributed by atoms with van der Waals surface area (Å²) in [5.74, 6) is 0. The van der Waals surface area contributed by atoms with Gasteiger partial charge in [0.15, 0.2) is 0 Å². The second-order valence-electron chi connectivity index (χ2n) is 4.38. The molecule has 4 N–H and O–H groups in total. The molecule has 88 valence electrons. The molecule has 0 aliphatic rings. The van der Waals surface area contributed by atoms with E-state index in [0.717, 1.165) is 22.4 Å². The highest BCUT2D eigenvalue weighted by Gasteiger charge is 2.08. The molecule has 0 fully saturated rings. The van der Waals surface area contributed by atoms with Gasteiger partial charge >= 0.3 is 0 Å². The Morgan fingerprint density at radius 3 is 2.29 bits per heavy atom. The van der Waals surface area contributed by atoms with E-state index < -0.39 is 0 Å². The Labute approximate surface area is 102 Å². The van der Waals surface area contributed by atoms with Gasteiger partial charge in [0.05, 0.1) is 0 Å². The van der Waals surface area contributed by atoms with Gasteiger partial charge in [0.2, 0.25) is 0 Å². The molecule has 2 rings (SSSR count). The van der Waals surface area contributed by atoms with E-state index in [4.69, 9.17) is 11.5 Å². The van der Waals surface area contributed by atoms with Crippen LogP contribution in [0.5, 0.6) is 0 Å².